The number of anilines is 1. The first-order chi connectivity index (χ1) is 10.3. The van der Waals surface area contributed by atoms with E-state index in [4.69, 9.17) is 10.5 Å². The zero-order chi connectivity index (χ0) is 15.1. The zero-order valence-corrected chi connectivity index (χ0v) is 11.9. The molecule has 1 saturated heterocycles. The van der Waals surface area contributed by atoms with Crippen LogP contribution in [0, 0.1) is 28.6 Å². The van der Waals surface area contributed by atoms with Crippen molar-refractivity contribution >= 4 is 11.6 Å². The highest BCUT2D eigenvalue weighted by Gasteiger charge is 2.28. The summed E-state index contributed by atoms with van der Waals surface area (Å²) in [4.78, 5) is 15.9. The van der Waals surface area contributed by atoms with Gasteiger partial charge in [-0.1, -0.05) is 18.2 Å². The van der Waals surface area contributed by atoms with Gasteiger partial charge in [-0.3, -0.25) is 4.79 Å². The summed E-state index contributed by atoms with van der Waals surface area (Å²) in [7, 11) is 0. The minimum absolute atomic E-state index is 0.00864. The van der Waals surface area contributed by atoms with Crippen LogP contribution in [0.15, 0.2) is 30.3 Å². The average Bonchev–Trinajstić information content (AvgIpc) is 2.55. The summed E-state index contributed by atoms with van der Waals surface area (Å²) in [5.74, 6) is -0.141. The van der Waals surface area contributed by atoms with Gasteiger partial charge < -0.3 is 9.80 Å². The number of para-hydroxylation sites is 1. The van der Waals surface area contributed by atoms with E-state index in [0.29, 0.717) is 0 Å². The molecule has 1 heterocycles. The van der Waals surface area contributed by atoms with E-state index < -0.39 is 0 Å². The maximum absolute atomic E-state index is 12.3. The number of amides is 1. The molecule has 1 aromatic carbocycles. The van der Waals surface area contributed by atoms with Crippen molar-refractivity contribution in [3.63, 3.8) is 0 Å². The van der Waals surface area contributed by atoms with Crippen molar-refractivity contribution < 1.29 is 4.79 Å². The van der Waals surface area contributed by atoms with Gasteiger partial charge in [-0.05, 0) is 25.0 Å². The minimum Gasteiger partial charge on any atom is -0.371 e. The molecular weight excluding hydrogens is 264 g/mol. The highest BCUT2D eigenvalue weighted by Crippen LogP contribution is 2.24. The van der Waals surface area contributed by atoms with E-state index in [-0.39, 0.29) is 24.9 Å². The van der Waals surface area contributed by atoms with Crippen molar-refractivity contribution in [3.8, 4) is 12.1 Å². The third-order valence-corrected chi connectivity index (χ3v) is 3.80. The molecule has 2 rings (SSSR count). The summed E-state index contributed by atoms with van der Waals surface area (Å²) in [6.07, 6.45) is 1.53. The Morgan fingerprint density at radius 1 is 1.14 bits per heavy atom. The fourth-order valence-corrected chi connectivity index (χ4v) is 2.66. The van der Waals surface area contributed by atoms with E-state index >= 15 is 0 Å². The predicted molar refractivity (Wildman–Crippen MR) is 79.2 cm³/mol. The molecule has 1 amide bonds. The van der Waals surface area contributed by atoms with E-state index in [0.717, 1.165) is 25.9 Å². The summed E-state index contributed by atoms with van der Waals surface area (Å²) in [6, 6.07) is 14.0. The molecule has 0 atom stereocenters. The Bertz CT molecular complexity index is 534. The number of carbonyl (C=O) groups is 1. The fourth-order valence-electron chi connectivity index (χ4n) is 2.66. The Labute approximate surface area is 125 Å². The van der Waals surface area contributed by atoms with Gasteiger partial charge in [0.2, 0.25) is 5.91 Å². The van der Waals surface area contributed by atoms with Crippen molar-refractivity contribution in [2.45, 2.75) is 12.8 Å². The summed E-state index contributed by atoms with van der Waals surface area (Å²) in [5.41, 5.74) is 1.18. The average molecular weight is 282 g/mol. The van der Waals surface area contributed by atoms with Crippen LogP contribution in [-0.4, -0.2) is 37.0 Å². The first kappa shape index (κ1) is 14.9. The minimum atomic E-state index is -0.0772. The van der Waals surface area contributed by atoms with Gasteiger partial charge in [-0.15, -0.1) is 0 Å². The second-order valence-electron chi connectivity index (χ2n) is 5.11. The molecule has 0 aromatic heterocycles. The second kappa shape index (κ2) is 7.31. The molecule has 0 aliphatic carbocycles. The number of nitrogens with zero attached hydrogens (tertiary/aromatic N) is 4. The van der Waals surface area contributed by atoms with Crippen molar-refractivity contribution in [2.75, 3.05) is 31.1 Å². The first-order valence-corrected chi connectivity index (χ1v) is 7.09. The maximum atomic E-state index is 12.3. The van der Waals surface area contributed by atoms with Crippen LogP contribution in [0.5, 0.6) is 0 Å². The first-order valence-electron chi connectivity index (χ1n) is 7.09. The molecule has 0 unspecified atom stereocenters. The number of carbonyl (C=O) groups excluding carboxylic acids is 1. The van der Waals surface area contributed by atoms with Crippen molar-refractivity contribution in [1.29, 1.82) is 10.5 Å². The van der Waals surface area contributed by atoms with Gasteiger partial charge in [-0.2, -0.15) is 10.5 Å². The summed E-state index contributed by atoms with van der Waals surface area (Å²) in [6.45, 7) is 1.64. The molecule has 0 radical (unpaired) electrons. The third-order valence-electron chi connectivity index (χ3n) is 3.80. The molecule has 108 valence electrons. The molecule has 1 fully saturated rings. The van der Waals surface area contributed by atoms with Crippen molar-refractivity contribution in [1.82, 2.24) is 4.90 Å². The van der Waals surface area contributed by atoms with Crippen LogP contribution >= 0.6 is 0 Å². The Morgan fingerprint density at radius 2 is 1.71 bits per heavy atom. The highest BCUT2D eigenvalue weighted by molar-refractivity contribution is 5.79. The molecule has 0 bridgehead atoms. The van der Waals surface area contributed by atoms with E-state index in [9.17, 15) is 4.79 Å². The van der Waals surface area contributed by atoms with Gasteiger partial charge in [0.1, 0.15) is 13.1 Å². The standard InChI is InChI=1S/C16H18N4O/c17-8-12-20(13-9-18)16(21)14-6-10-19(11-7-14)15-4-2-1-3-5-15/h1-5,14H,6-7,10-13H2. The smallest absolute Gasteiger partial charge is 0.227 e. The maximum Gasteiger partial charge on any atom is 0.227 e. The molecular formula is C16H18N4O. The zero-order valence-electron chi connectivity index (χ0n) is 11.9. The quantitative estimate of drug-likeness (QED) is 0.789. The molecule has 1 aromatic rings. The van der Waals surface area contributed by atoms with Crippen LogP contribution in [0.2, 0.25) is 0 Å². The van der Waals surface area contributed by atoms with Crippen LogP contribution in [0.3, 0.4) is 0 Å². The lowest BCUT2D eigenvalue weighted by Crippen LogP contribution is -2.43. The molecule has 0 N–H and O–H groups in total. The van der Waals surface area contributed by atoms with Gasteiger partial charge in [0.15, 0.2) is 0 Å². The molecule has 21 heavy (non-hydrogen) atoms. The van der Waals surface area contributed by atoms with Crippen molar-refractivity contribution in [2.24, 2.45) is 5.92 Å². The Balaban J connectivity index is 1.93. The van der Waals surface area contributed by atoms with Crippen molar-refractivity contribution in [3.05, 3.63) is 30.3 Å². The lowest BCUT2D eigenvalue weighted by atomic mass is 9.95. The van der Waals surface area contributed by atoms with Gasteiger partial charge >= 0.3 is 0 Å². The number of nitriles is 2. The topological polar surface area (TPSA) is 71.1 Å². The van der Waals surface area contributed by atoms with E-state index in [2.05, 4.69) is 17.0 Å². The number of benzene rings is 1. The van der Waals surface area contributed by atoms with Gasteiger partial charge in [0.25, 0.3) is 0 Å². The molecule has 0 spiro atoms. The molecule has 5 nitrogen and oxygen atoms in total. The number of hydrogen-bond donors (Lipinski definition) is 0. The normalized spacial score (nSPS) is 15.0. The largest absolute Gasteiger partial charge is 0.371 e. The van der Waals surface area contributed by atoms with E-state index in [1.807, 2.05) is 30.3 Å². The second-order valence-corrected chi connectivity index (χ2v) is 5.11. The molecule has 1 aliphatic heterocycles. The van der Waals surface area contributed by atoms with Crippen LogP contribution in [0.25, 0.3) is 0 Å². The predicted octanol–water partition coefficient (Wildman–Crippen LogP) is 1.78. The number of rotatable bonds is 4. The monoisotopic (exact) mass is 282 g/mol. The summed E-state index contributed by atoms with van der Waals surface area (Å²) in [5, 5.41) is 17.5. The highest BCUT2D eigenvalue weighted by atomic mass is 16.2. The molecule has 5 heteroatoms. The Kier molecular flexibility index (Phi) is 5.17. The summed E-state index contributed by atoms with van der Waals surface area (Å²) >= 11 is 0. The van der Waals surface area contributed by atoms with Crippen LogP contribution in [-0.2, 0) is 4.79 Å². The Hall–Kier alpha value is -2.53. The van der Waals surface area contributed by atoms with Gasteiger partial charge in [-0.25, -0.2) is 0 Å². The fraction of sp³-hybridized carbons (Fsp3) is 0.438. The summed E-state index contributed by atoms with van der Waals surface area (Å²) < 4.78 is 0. The van der Waals surface area contributed by atoms with Gasteiger partial charge in [0.05, 0.1) is 12.1 Å². The van der Waals surface area contributed by atoms with E-state index in [1.165, 1.54) is 10.6 Å². The van der Waals surface area contributed by atoms with Crippen LogP contribution in [0.1, 0.15) is 12.8 Å². The number of hydrogen-bond acceptors (Lipinski definition) is 4. The third kappa shape index (κ3) is 3.73. The Morgan fingerprint density at radius 3 is 2.24 bits per heavy atom. The lowest BCUT2D eigenvalue weighted by Gasteiger charge is -2.34. The van der Waals surface area contributed by atoms with Crippen LogP contribution < -0.4 is 4.90 Å². The van der Waals surface area contributed by atoms with E-state index in [1.54, 1.807) is 0 Å². The number of piperidine rings is 1. The van der Waals surface area contributed by atoms with Crippen LogP contribution in [0.4, 0.5) is 5.69 Å². The molecule has 0 saturated carbocycles. The molecule has 1 aliphatic rings. The van der Waals surface area contributed by atoms with Gasteiger partial charge in [0, 0.05) is 24.7 Å². The SMILES string of the molecule is N#CCN(CC#N)C(=O)C1CCN(c2ccccc2)CC1. The lowest BCUT2D eigenvalue weighted by molar-refractivity contribution is -0.135.